The summed E-state index contributed by atoms with van der Waals surface area (Å²) in [7, 11) is 2.10. The minimum atomic E-state index is -0.0653. The van der Waals surface area contributed by atoms with Crippen molar-refractivity contribution in [2.75, 3.05) is 26.7 Å². The molecule has 4 nitrogen and oxygen atoms in total. The molecule has 1 aromatic carbocycles. The monoisotopic (exact) mass is 282 g/mol. The number of hydrogen-bond acceptors (Lipinski definition) is 3. The minimum absolute atomic E-state index is 0.0496. The smallest absolute Gasteiger partial charge is 0.258 e. The van der Waals surface area contributed by atoms with E-state index < -0.39 is 0 Å². The largest absolute Gasteiger partial charge is 0.484 e. The number of nitrogens with one attached hydrogen (secondary N) is 1. The van der Waals surface area contributed by atoms with Gasteiger partial charge in [-0.3, -0.25) is 4.79 Å². The van der Waals surface area contributed by atoms with Crippen LogP contribution < -0.4 is 10.1 Å². The summed E-state index contributed by atoms with van der Waals surface area (Å²) in [5.41, 5.74) is 0. The number of nitrogens with zero attached hydrogens (tertiary/aromatic N) is 1. The molecule has 0 bridgehead atoms. The second-order valence-electron chi connectivity index (χ2n) is 4.89. The number of carbonyl (C=O) groups is 1. The van der Waals surface area contributed by atoms with Crippen molar-refractivity contribution in [2.24, 2.45) is 0 Å². The molecule has 0 aliphatic carbocycles. The summed E-state index contributed by atoms with van der Waals surface area (Å²) in [5.74, 6) is 0.590. The van der Waals surface area contributed by atoms with E-state index in [2.05, 4.69) is 17.3 Å². The first kappa shape index (κ1) is 14.2. The molecule has 1 heterocycles. The fourth-order valence-electron chi connectivity index (χ4n) is 2.10. The van der Waals surface area contributed by atoms with Gasteiger partial charge in [0.05, 0.1) is 0 Å². The number of benzene rings is 1. The molecule has 1 aromatic rings. The predicted octanol–water partition coefficient (Wildman–Crippen LogP) is 1.93. The molecule has 0 unspecified atom stereocenters. The van der Waals surface area contributed by atoms with Crippen LogP contribution in [0.4, 0.5) is 0 Å². The van der Waals surface area contributed by atoms with Gasteiger partial charge in [-0.25, -0.2) is 0 Å². The lowest BCUT2D eigenvalue weighted by Gasteiger charge is -2.29. The summed E-state index contributed by atoms with van der Waals surface area (Å²) in [6, 6.07) is 7.27. The molecule has 2 rings (SSSR count). The number of piperidine rings is 1. The van der Waals surface area contributed by atoms with Crippen molar-refractivity contribution in [3.8, 4) is 5.75 Å². The third-order valence-corrected chi connectivity index (χ3v) is 3.52. The summed E-state index contributed by atoms with van der Waals surface area (Å²) in [5, 5.41) is 3.66. The van der Waals surface area contributed by atoms with Crippen molar-refractivity contribution in [2.45, 2.75) is 18.9 Å². The van der Waals surface area contributed by atoms with Gasteiger partial charge in [-0.2, -0.15) is 0 Å². The molecule has 1 fully saturated rings. The SMILES string of the molecule is CN1CCC(NC(=O)COc2ccc(Cl)cc2)CC1. The highest BCUT2D eigenvalue weighted by Crippen LogP contribution is 2.15. The Morgan fingerprint density at radius 3 is 2.63 bits per heavy atom. The molecule has 1 aliphatic rings. The Morgan fingerprint density at radius 2 is 2.00 bits per heavy atom. The van der Waals surface area contributed by atoms with Gasteiger partial charge in [0.15, 0.2) is 6.61 Å². The molecule has 0 aromatic heterocycles. The zero-order valence-electron chi connectivity index (χ0n) is 11.1. The Morgan fingerprint density at radius 1 is 1.37 bits per heavy atom. The van der Waals surface area contributed by atoms with E-state index in [4.69, 9.17) is 16.3 Å². The Kier molecular flexibility index (Phi) is 5.05. The second kappa shape index (κ2) is 6.78. The van der Waals surface area contributed by atoms with Crippen LogP contribution in [0.15, 0.2) is 24.3 Å². The lowest BCUT2D eigenvalue weighted by Crippen LogP contribution is -2.44. The van der Waals surface area contributed by atoms with Crippen molar-refractivity contribution in [1.29, 1.82) is 0 Å². The molecule has 0 atom stereocenters. The van der Waals surface area contributed by atoms with Crippen molar-refractivity contribution in [1.82, 2.24) is 10.2 Å². The molecular formula is C14H19ClN2O2. The fraction of sp³-hybridized carbons (Fsp3) is 0.500. The fourth-order valence-corrected chi connectivity index (χ4v) is 2.23. The third-order valence-electron chi connectivity index (χ3n) is 3.27. The molecule has 5 heteroatoms. The molecule has 1 N–H and O–H groups in total. The van der Waals surface area contributed by atoms with Gasteiger partial charge in [-0.05, 0) is 57.2 Å². The molecule has 19 heavy (non-hydrogen) atoms. The van der Waals surface area contributed by atoms with Crippen LogP contribution in [-0.2, 0) is 4.79 Å². The Hall–Kier alpha value is -1.26. The van der Waals surface area contributed by atoms with Crippen LogP contribution in [0.25, 0.3) is 0 Å². The van der Waals surface area contributed by atoms with E-state index in [-0.39, 0.29) is 18.6 Å². The first-order valence-corrected chi connectivity index (χ1v) is 6.87. The topological polar surface area (TPSA) is 41.6 Å². The van der Waals surface area contributed by atoms with Crippen molar-refractivity contribution in [3.05, 3.63) is 29.3 Å². The molecular weight excluding hydrogens is 264 g/mol. The summed E-state index contributed by atoms with van der Waals surface area (Å²) >= 11 is 5.78. The highest BCUT2D eigenvalue weighted by atomic mass is 35.5. The molecule has 0 radical (unpaired) electrons. The maximum absolute atomic E-state index is 11.8. The third kappa shape index (κ3) is 4.73. The van der Waals surface area contributed by atoms with Crippen molar-refractivity contribution >= 4 is 17.5 Å². The van der Waals surface area contributed by atoms with Crippen LogP contribution in [0.5, 0.6) is 5.75 Å². The number of carbonyl (C=O) groups excluding carboxylic acids is 1. The van der Waals surface area contributed by atoms with E-state index in [1.54, 1.807) is 24.3 Å². The highest BCUT2D eigenvalue weighted by molar-refractivity contribution is 6.30. The first-order valence-electron chi connectivity index (χ1n) is 6.50. The second-order valence-corrected chi connectivity index (χ2v) is 5.32. The maximum atomic E-state index is 11.8. The Labute approximate surface area is 118 Å². The summed E-state index contributed by atoms with van der Waals surface area (Å²) in [4.78, 5) is 14.0. The molecule has 1 amide bonds. The van der Waals surface area contributed by atoms with E-state index in [0.29, 0.717) is 10.8 Å². The lowest BCUT2D eigenvalue weighted by atomic mass is 10.1. The van der Waals surface area contributed by atoms with Gasteiger partial charge >= 0.3 is 0 Å². The van der Waals surface area contributed by atoms with E-state index in [0.717, 1.165) is 25.9 Å². The van der Waals surface area contributed by atoms with Crippen molar-refractivity contribution < 1.29 is 9.53 Å². The number of ether oxygens (including phenoxy) is 1. The van der Waals surface area contributed by atoms with Gasteiger partial charge in [-0.1, -0.05) is 11.6 Å². The number of hydrogen-bond donors (Lipinski definition) is 1. The molecule has 1 aliphatic heterocycles. The van der Waals surface area contributed by atoms with Gasteiger partial charge in [0.1, 0.15) is 5.75 Å². The van der Waals surface area contributed by atoms with Crippen LogP contribution >= 0.6 is 11.6 Å². The molecule has 0 saturated carbocycles. The Bertz CT molecular complexity index is 414. The van der Waals surface area contributed by atoms with Crippen LogP contribution in [0.3, 0.4) is 0 Å². The standard InChI is InChI=1S/C14H19ClN2O2/c1-17-8-6-12(7-9-17)16-14(18)10-19-13-4-2-11(15)3-5-13/h2-5,12H,6-10H2,1H3,(H,16,18). The average Bonchev–Trinajstić information content (AvgIpc) is 2.41. The first-order chi connectivity index (χ1) is 9.13. The maximum Gasteiger partial charge on any atom is 0.258 e. The van der Waals surface area contributed by atoms with Crippen molar-refractivity contribution in [3.63, 3.8) is 0 Å². The molecule has 0 spiro atoms. The van der Waals surface area contributed by atoms with Gasteiger partial charge < -0.3 is 15.0 Å². The molecule has 1 saturated heterocycles. The number of rotatable bonds is 4. The lowest BCUT2D eigenvalue weighted by molar-refractivity contribution is -0.124. The van der Waals surface area contributed by atoms with Crippen LogP contribution in [0.1, 0.15) is 12.8 Å². The minimum Gasteiger partial charge on any atom is -0.484 e. The van der Waals surface area contributed by atoms with Gasteiger partial charge in [0, 0.05) is 11.1 Å². The number of halogens is 1. The summed E-state index contributed by atoms with van der Waals surface area (Å²) < 4.78 is 5.40. The quantitative estimate of drug-likeness (QED) is 0.917. The highest BCUT2D eigenvalue weighted by Gasteiger charge is 2.18. The van der Waals surface area contributed by atoms with Gasteiger partial charge in [0.25, 0.3) is 5.91 Å². The van der Waals surface area contributed by atoms with E-state index >= 15 is 0 Å². The zero-order chi connectivity index (χ0) is 13.7. The normalized spacial score (nSPS) is 17.2. The van der Waals surface area contributed by atoms with E-state index in [1.807, 2.05) is 0 Å². The summed E-state index contributed by atoms with van der Waals surface area (Å²) in [6.07, 6.45) is 2.01. The number of likely N-dealkylation sites (tertiary alicyclic amines) is 1. The average molecular weight is 283 g/mol. The zero-order valence-corrected chi connectivity index (χ0v) is 11.8. The van der Waals surface area contributed by atoms with E-state index in [1.165, 1.54) is 0 Å². The van der Waals surface area contributed by atoms with Gasteiger partial charge in [0.2, 0.25) is 0 Å². The van der Waals surface area contributed by atoms with E-state index in [9.17, 15) is 4.79 Å². The van der Waals surface area contributed by atoms with Crippen LogP contribution in [-0.4, -0.2) is 43.6 Å². The van der Waals surface area contributed by atoms with Crippen LogP contribution in [0, 0.1) is 0 Å². The summed E-state index contributed by atoms with van der Waals surface area (Å²) in [6.45, 7) is 2.11. The van der Waals surface area contributed by atoms with Crippen LogP contribution in [0.2, 0.25) is 5.02 Å². The Balaban J connectivity index is 1.71. The van der Waals surface area contributed by atoms with Gasteiger partial charge in [-0.15, -0.1) is 0 Å². The molecule has 104 valence electrons. The predicted molar refractivity (Wildman–Crippen MR) is 75.6 cm³/mol. The number of amides is 1.